The molecule has 164 valence electrons. The fraction of sp³-hybridized carbons (Fsp3) is 0.609. The Morgan fingerprint density at radius 1 is 1.10 bits per heavy atom. The summed E-state index contributed by atoms with van der Waals surface area (Å²) in [6, 6.07) is 9.04. The minimum absolute atomic E-state index is 0.00937. The molecule has 30 heavy (non-hydrogen) atoms. The fourth-order valence-corrected chi connectivity index (χ4v) is 4.19. The van der Waals surface area contributed by atoms with Crippen LogP contribution in [0.1, 0.15) is 56.3 Å². The molecular formula is C23H33N3O4. The van der Waals surface area contributed by atoms with Crippen molar-refractivity contribution in [3.8, 4) is 0 Å². The summed E-state index contributed by atoms with van der Waals surface area (Å²) < 4.78 is 5.71. The van der Waals surface area contributed by atoms with Gasteiger partial charge >= 0.3 is 6.09 Å². The van der Waals surface area contributed by atoms with Gasteiger partial charge in [-0.1, -0.05) is 51.3 Å². The Morgan fingerprint density at radius 3 is 2.47 bits per heavy atom. The Morgan fingerprint density at radius 2 is 1.80 bits per heavy atom. The minimum Gasteiger partial charge on any atom is -0.442 e. The summed E-state index contributed by atoms with van der Waals surface area (Å²) in [5, 5.41) is 2.96. The van der Waals surface area contributed by atoms with Gasteiger partial charge in [0.1, 0.15) is 12.6 Å². The van der Waals surface area contributed by atoms with Crippen LogP contribution in [0.3, 0.4) is 0 Å². The van der Waals surface area contributed by atoms with E-state index in [-0.39, 0.29) is 36.9 Å². The van der Waals surface area contributed by atoms with Crippen molar-refractivity contribution in [1.82, 2.24) is 15.1 Å². The van der Waals surface area contributed by atoms with Crippen molar-refractivity contribution in [2.24, 2.45) is 5.92 Å². The van der Waals surface area contributed by atoms with Crippen molar-refractivity contribution in [1.29, 1.82) is 0 Å². The van der Waals surface area contributed by atoms with E-state index in [9.17, 15) is 14.4 Å². The monoisotopic (exact) mass is 415 g/mol. The van der Waals surface area contributed by atoms with Gasteiger partial charge in [0.25, 0.3) is 5.91 Å². The molecule has 3 amide bonds. The number of rotatable bonds is 5. The lowest BCUT2D eigenvalue weighted by Gasteiger charge is -2.27. The summed E-state index contributed by atoms with van der Waals surface area (Å²) in [7, 11) is 0. The van der Waals surface area contributed by atoms with E-state index in [2.05, 4.69) is 5.32 Å². The molecule has 7 nitrogen and oxygen atoms in total. The van der Waals surface area contributed by atoms with Gasteiger partial charge in [-0.3, -0.25) is 9.59 Å². The molecule has 1 unspecified atom stereocenters. The van der Waals surface area contributed by atoms with E-state index in [1.54, 1.807) is 29.2 Å². The van der Waals surface area contributed by atoms with E-state index >= 15 is 0 Å². The standard InChI is InChI=1S/C23H33N3O4/c1-17(2)13-25-14-20(30-23(29)24-19-11-7-4-8-12-19)15-26(16-21(25)27)22(28)18-9-5-3-6-10-18/h3,5-6,9-10,17,19-20H,4,7-8,11-16H2,1-2H3,(H,24,29). The second-order valence-corrected chi connectivity index (χ2v) is 8.75. The second-order valence-electron chi connectivity index (χ2n) is 8.75. The van der Waals surface area contributed by atoms with E-state index in [1.807, 2.05) is 19.9 Å². The highest BCUT2D eigenvalue weighted by molar-refractivity contribution is 5.96. The molecule has 2 fully saturated rings. The number of carbonyl (C=O) groups excluding carboxylic acids is 3. The van der Waals surface area contributed by atoms with Crippen LogP contribution in [0.5, 0.6) is 0 Å². The molecule has 1 heterocycles. The molecule has 1 N–H and O–H groups in total. The van der Waals surface area contributed by atoms with Crippen molar-refractivity contribution in [3.63, 3.8) is 0 Å². The van der Waals surface area contributed by atoms with Gasteiger partial charge in [-0.25, -0.2) is 4.79 Å². The first-order valence-corrected chi connectivity index (χ1v) is 11.0. The van der Waals surface area contributed by atoms with Crippen LogP contribution in [0.15, 0.2) is 30.3 Å². The van der Waals surface area contributed by atoms with Gasteiger partial charge in [-0.15, -0.1) is 0 Å². The number of hydrogen-bond donors (Lipinski definition) is 1. The maximum atomic E-state index is 13.0. The summed E-state index contributed by atoms with van der Waals surface area (Å²) in [6.45, 7) is 5.13. The predicted molar refractivity (Wildman–Crippen MR) is 114 cm³/mol. The molecule has 1 saturated heterocycles. The van der Waals surface area contributed by atoms with E-state index < -0.39 is 12.2 Å². The molecule has 2 aliphatic rings. The molecule has 0 radical (unpaired) electrons. The Kier molecular flexibility index (Phi) is 7.71. The van der Waals surface area contributed by atoms with Gasteiger partial charge in [0.2, 0.25) is 5.91 Å². The van der Waals surface area contributed by atoms with Crippen LogP contribution in [0.2, 0.25) is 0 Å². The first-order chi connectivity index (χ1) is 14.4. The largest absolute Gasteiger partial charge is 0.442 e. The van der Waals surface area contributed by atoms with Crippen molar-refractivity contribution in [2.75, 3.05) is 26.2 Å². The predicted octanol–water partition coefficient (Wildman–Crippen LogP) is 3.05. The van der Waals surface area contributed by atoms with Crippen LogP contribution >= 0.6 is 0 Å². The molecule has 1 saturated carbocycles. The molecule has 1 atom stereocenters. The number of amides is 3. The number of nitrogens with one attached hydrogen (secondary N) is 1. The lowest BCUT2D eigenvalue weighted by Crippen LogP contribution is -2.44. The minimum atomic E-state index is -0.563. The quantitative estimate of drug-likeness (QED) is 0.802. The van der Waals surface area contributed by atoms with Gasteiger partial charge < -0.3 is 19.9 Å². The van der Waals surface area contributed by atoms with Crippen molar-refractivity contribution < 1.29 is 19.1 Å². The SMILES string of the molecule is CC(C)CN1CC(OC(=O)NC2CCCCC2)CN(C(=O)c2ccccc2)CC1=O. The van der Waals surface area contributed by atoms with Gasteiger partial charge in [0.05, 0.1) is 13.1 Å². The highest BCUT2D eigenvalue weighted by Crippen LogP contribution is 2.18. The van der Waals surface area contributed by atoms with E-state index in [0.29, 0.717) is 18.7 Å². The van der Waals surface area contributed by atoms with Crippen LogP contribution in [-0.4, -0.2) is 66.0 Å². The third-order valence-corrected chi connectivity index (χ3v) is 5.62. The highest BCUT2D eigenvalue weighted by atomic mass is 16.6. The van der Waals surface area contributed by atoms with E-state index in [4.69, 9.17) is 4.74 Å². The van der Waals surface area contributed by atoms with Gasteiger partial charge in [0.15, 0.2) is 0 Å². The molecular weight excluding hydrogens is 382 g/mol. The van der Waals surface area contributed by atoms with Crippen LogP contribution in [0.25, 0.3) is 0 Å². The Bertz CT molecular complexity index is 731. The van der Waals surface area contributed by atoms with Crippen molar-refractivity contribution in [3.05, 3.63) is 35.9 Å². The molecule has 1 aliphatic heterocycles. The Balaban J connectivity index is 1.70. The first-order valence-electron chi connectivity index (χ1n) is 11.0. The van der Waals surface area contributed by atoms with Gasteiger partial charge in [-0.05, 0) is 30.9 Å². The molecule has 3 rings (SSSR count). The van der Waals surface area contributed by atoms with Crippen molar-refractivity contribution >= 4 is 17.9 Å². The lowest BCUT2D eigenvalue weighted by atomic mass is 9.96. The van der Waals surface area contributed by atoms with Crippen LogP contribution in [0.4, 0.5) is 4.79 Å². The molecule has 1 aromatic carbocycles. The van der Waals surface area contributed by atoms with Gasteiger partial charge in [-0.2, -0.15) is 0 Å². The zero-order chi connectivity index (χ0) is 21.5. The number of ether oxygens (including phenoxy) is 1. The van der Waals surface area contributed by atoms with Gasteiger partial charge in [0, 0.05) is 18.2 Å². The normalized spacial score (nSPS) is 20.8. The van der Waals surface area contributed by atoms with Crippen molar-refractivity contribution in [2.45, 2.75) is 58.1 Å². The maximum absolute atomic E-state index is 13.0. The third kappa shape index (κ3) is 6.21. The summed E-state index contributed by atoms with van der Waals surface area (Å²) >= 11 is 0. The van der Waals surface area contributed by atoms with Crippen LogP contribution < -0.4 is 5.32 Å². The Labute approximate surface area is 178 Å². The number of nitrogens with zero attached hydrogens (tertiary/aromatic N) is 2. The average Bonchev–Trinajstić information content (AvgIpc) is 2.87. The number of benzene rings is 1. The summed E-state index contributed by atoms with van der Waals surface area (Å²) in [6.07, 6.45) is 4.35. The molecule has 0 bridgehead atoms. The smallest absolute Gasteiger partial charge is 0.407 e. The summed E-state index contributed by atoms with van der Waals surface area (Å²) in [4.78, 5) is 41.5. The lowest BCUT2D eigenvalue weighted by molar-refractivity contribution is -0.131. The average molecular weight is 416 g/mol. The maximum Gasteiger partial charge on any atom is 0.407 e. The second kappa shape index (κ2) is 10.5. The molecule has 7 heteroatoms. The highest BCUT2D eigenvalue weighted by Gasteiger charge is 2.33. The summed E-state index contributed by atoms with van der Waals surface area (Å²) in [5.74, 6) is -0.0644. The number of hydrogen-bond acceptors (Lipinski definition) is 4. The first kappa shape index (κ1) is 22.1. The Hall–Kier alpha value is -2.57. The summed E-state index contributed by atoms with van der Waals surface area (Å²) in [5.41, 5.74) is 0.521. The van der Waals surface area contributed by atoms with E-state index in [1.165, 1.54) is 11.3 Å². The molecule has 1 aliphatic carbocycles. The van der Waals surface area contributed by atoms with Crippen LogP contribution in [-0.2, 0) is 9.53 Å². The zero-order valence-electron chi connectivity index (χ0n) is 18.0. The number of carbonyl (C=O) groups is 3. The third-order valence-electron chi connectivity index (χ3n) is 5.62. The van der Waals surface area contributed by atoms with E-state index in [0.717, 1.165) is 25.7 Å². The molecule has 0 spiro atoms. The molecule has 1 aromatic rings. The fourth-order valence-electron chi connectivity index (χ4n) is 4.19. The molecule has 0 aromatic heterocycles. The van der Waals surface area contributed by atoms with Crippen LogP contribution in [0, 0.1) is 5.92 Å². The topological polar surface area (TPSA) is 79.0 Å². The zero-order valence-corrected chi connectivity index (χ0v) is 18.0. The number of alkyl carbamates (subject to hydrolysis) is 1.